The molecule has 192 valence electrons. The standard InChI is InChI=1S/C25H16F4N6O3/c1-34-9-7-17-22(34)30-13-31-24(17)38-20-6-5-15(12-18(20)26)32-23(37)21-19(36)8-10-35(33-21)16-4-2-3-14(11-16)25(27,28)29/h2-13H,1H3,(H,32,37). The topological polar surface area (TPSA) is 104 Å². The number of anilines is 1. The van der Waals surface area contributed by atoms with Crippen molar-refractivity contribution >= 4 is 22.6 Å². The average Bonchev–Trinajstić information content (AvgIpc) is 3.27. The van der Waals surface area contributed by atoms with Gasteiger partial charge in [-0.25, -0.2) is 19.0 Å². The lowest BCUT2D eigenvalue weighted by Crippen LogP contribution is -2.25. The van der Waals surface area contributed by atoms with Crippen LogP contribution in [0, 0.1) is 5.82 Å². The molecule has 1 N–H and O–H groups in total. The molecule has 0 atom stereocenters. The molecule has 3 aromatic heterocycles. The lowest BCUT2D eigenvalue weighted by molar-refractivity contribution is -0.137. The summed E-state index contributed by atoms with van der Waals surface area (Å²) in [5.74, 6) is -1.84. The summed E-state index contributed by atoms with van der Waals surface area (Å²) >= 11 is 0. The number of hydrogen-bond acceptors (Lipinski definition) is 6. The summed E-state index contributed by atoms with van der Waals surface area (Å²) in [5, 5.41) is 6.81. The number of rotatable bonds is 5. The Balaban J connectivity index is 1.37. The Hall–Kier alpha value is -5.07. The molecule has 0 saturated heterocycles. The number of hydrogen-bond donors (Lipinski definition) is 1. The third kappa shape index (κ3) is 4.81. The van der Waals surface area contributed by atoms with E-state index >= 15 is 0 Å². The van der Waals surface area contributed by atoms with Crippen molar-refractivity contribution in [3.63, 3.8) is 0 Å². The Morgan fingerprint density at radius 3 is 2.61 bits per heavy atom. The molecule has 9 nitrogen and oxygen atoms in total. The SMILES string of the molecule is Cn1ccc2c(Oc3ccc(NC(=O)c4nn(-c5cccc(C(F)(F)F)c5)ccc4=O)cc3F)ncnc21. The molecule has 0 unspecified atom stereocenters. The van der Waals surface area contributed by atoms with Crippen LogP contribution in [-0.4, -0.2) is 30.2 Å². The van der Waals surface area contributed by atoms with Gasteiger partial charge < -0.3 is 14.6 Å². The first-order valence-electron chi connectivity index (χ1n) is 10.9. The Morgan fingerprint density at radius 2 is 1.84 bits per heavy atom. The molecule has 0 aliphatic rings. The van der Waals surface area contributed by atoms with E-state index in [2.05, 4.69) is 20.4 Å². The summed E-state index contributed by atoms with van der Waals surface area (Å²) in [7, 11) is 1.78. The highest BCUT2D eigenvalue weighted by Gasteiger charge is 2.30. The van der Waals surface area contributed by atoms with Gasteiger partial charge in [-0.05, 0) is 36.4 Å². The second-order valence-electron chi connectivity index (χ2n) is 8.07. The summed E-state index contributed by atoms with van der Waals surface area (Å²) in [6.07, 6.45) is -0.421. The predicted molar refractivity (Wildman–Crippen MR) is 128 cm³/mol. The first-order valence-corrected chi connectivity index (χ1v) is 10.9. The van der Waals surface area contributed by atoms with E-state index in [1.807, 2.05) is 0 Å². The lowest BCUT2D eigenvalue weighted by Gasteiger charge is -2.11. The molecule has 3 heterocycles. The van der Waals surface area contributed by atoms with Crippen LogP contribution in [0.2, 0.25) is 0 Å². The van der Waals surface area contributed by atoms with Gasteiger partial charge in [0, 0.05) is 37.3 Å². The first kappa shape index (κ1) is 24.6. The maximum Gasteiger partial charge on any atom is 0.416 e. The zero-order valence-electron chi connectivity index (χ0n) is 19.4. The van der Waals surface area contributed by atoms with Gasteiger partial charge in [-0.1, -0.05) is 6.07 Å². The largest absolute Gasteiger partial charge is 0.435 e. The number of nitrogens with zero attached hydrogens (tertiary/aromatic N) is 5. The van der Waals surface area contributed by atoms with Gasteiger partial charge in [0.25, 0.3) is 5.91 Å². The van der Waals surface area contributed by atoms with Gasteiger partial charge in [0.1, 0.15) is 12.0 Å². The fraction of sp³-hybridized carbons (Fsp3) is 0.0800. The molecule has 0 saturated carbocycles. The van der Waals surface area contributed by atoms with Crippen molar-refractivity contribution in [3.8, 4) is 17.3 Å². The van der Waals surface area contributed by atoms with E-state index < -0.39 is 34.6 Å². The highest BCUT2D eigenvalue weighted by Crippen LogP contribution is 2.31. The Kier molecular flexibility index (Phi) is 6.11. The van der Waals surface area contributed by atoms with Gasteiger partial charge in [-0.3, -0.25) is 9.59 Å². The van der Waals surface area contributed by atoms with Crippen LogP contribution in [0.5, 0.6) is 11.6 Å². The molecule has 0 aliphatic heterocycles. The molecule has 0 spiro atoms. The van der Waals surface area contributed by atoms with E-state index in [9.17, 15) is 27.2 Å². The second kappa shape index (κ2) is 9.42. The summed E-state index contributed by atoms with van der Waals surface area (Å²) in [5.41, 5.74) is -1.73. The van der Waals surface area contributed by atoms with Crippen molar-refractivity contribution in [2.24, 2.45) is 7.05 Å². The number of aromatic nitrogens is 5. The van der Waals surface area contributed by atoms with Crippen LogP contribution >= 0.6 is 0 Å². The van der Waals surface area contributed by atoms with Crippen LogP contribution in [0.3, 0.4) is 0 Å². The Bertz CT molecular complexity index is 1750. The van der Waals surface area contributed by atoms with Gasteiger partial charge >= 0.3 is 6.18 Å². The number of nitrogens with one attached hydrogen (secondary N) is 1. The first-order chi connectivity index (χ1) is 18.1. The van der Waals surface area contributed by atoms with Crippen molar-refractivity contribution in [2.75, 3.05) is 5.32 Å². The molecule has 0 radical (unpaired) electrons. The van der Waals surface area contributed by atoms with Crippen LogP contribution in [0.4, 0.5) is 23.2 Å². The van der Waals surface area contributed by atoms with Gasteiger partial charge in [0.05, 0.1) is 16.6 Å². The van der Waals surface area contributed by atoms with Gasteiger partial charge in [0.15, 0.2) is 17.3 Å². The van der Waals surface area contributed by atoms with Crippen LogP contribution < -0.4 is 15.5 Å². The average molecular weight is 524 g/mol. The zero-order valence-corrected chi connectivity index (χ0v) is 19.4. The fourth-order valence-electron chi connectivity index (χ4n) is 3.63. The molecule has 2 aromatic carbocycles. The zero-order chi connectivity index (χ0) is 27.0. The van der Waals surface area contributed by atoms with Crippen molar-refractivity contribution in [1.29, 1.82) is 0 Å². The quantitative estimate of drug-likeness (QED) is 0.334. The highest BCUT2D eigenvalue weighted by molar-refractivity contribution is 6.02. The smallest absolute Gasteiger partial charge is 0.416 e. The van der Waals surface area contributed by atoms with Gasteiger partial charge in [-0.15, -0.1) is 0 Å². The number of carbonyl (C=O) groups is 1. The van der Waals surface area contributed by atoms with E-state index in [1.165, 1.54) is 30.6 Å². The molecular weight excluding hydrogens is 508 g/mol. The number of alkyl halides is 3. The predicted octanol–water partition coefficient (Wildman–Crippen LogP) is 4.72. The van der Waals surface area contributed by atoms with Gasteiger partial charge in [0.2, 0.25) is 11.3 Å². The van der Waals surface area contributed by atoms with E-state index in [4.69, 9.17) is 4.74 Å². The molecule has 13 heteroatoms. The maximum atomic E-state index is 14.8. The summed E-state index contributed by atoms with van der Waals surface area (Å²) in [4.78, 5) is 33.2. The molecule has 0 fully saturated rings. The van der Waals surface area contributed by atoms with E-state index in [0.29, 0.717) is 11.0 Å². The Labute approximate surface area is 211 Å². The number of carbonyl (C=O) groups excluding carboxylic acids is 1. The molecule has 5 aromatic rings. The molecule has 38 heavy (non-hydrogen) atoms. The normalized spacial score (nSPS) is 11.5. The highest BCUT2D eigenvalue weighted by atomic mass is 19.4. The van der Waals surface area contributed by atoms with Crippen LogP contribution in [-0.2, 0) is 13.2 Å². The van der Waals surface area contributed by atoms with E-state index in [1.54, 1.807) is 23.9 Å². The van der Waals surface area contributed by atoms with Crippen molar-refractivity contribution in [1.82, 2.24) is 24.3 Å². The molecule has 5 rings (SSSR count). The van der Waals surface area contributed by atoms with Crippen molar-refractivity contribution in [3.05, 3.63) is 101 Å². The molecule has 0 bridgehead atoms. The summed E-state index contributed by atoms with van der Waals surface area (Å²) in [6.45, 7) is 0. The fourth-order valence-corrected chi connectivity index (χ4v) is 3.63. The van der Waals surface area contributed by atoms with E-state index in [-0.39, 0.29) is 23.0 Å². The Morgan fingerprint density at radius 1 is 1.03 bits per heavy atom. The third-order valence-corrected chi connectivity index (χ3v) is 5.48. The number of ether oxygens (including phenoxy) is 1. The summed E-state index contributed by atoms with van der Waals surface area (Å²) < 4.78 is 62.3. The molecule has 0 aliphatic carbocycles. The monoisotopic (exact) mass is 524 g/mol. The number of amides is 1. The second-order valence-corrected chi connectivity index (χ2v) is 8.07. The maximum absolute atomic E-state index is 14.8. The minimum absolute atomic E-state index is 0.0110. The lowest BCUT2D eigenvalue weighted by atomic mass is 10.2. The number of aryl methyl sites for hydroxylation is 1. The number of benzene rings is 2. The minimum Gasteiger partial charge on any atom is -0.435 e. The number of halogens is 4. The van der Waals surface area contributed by atoms with Crippen LogP contribution in [0.1, 0.15) is 16.1 Å². The molecule has 1 amide bonds. The van der Waals surface area contributed by atoms with Crippen LogP contribution in [0.25, 0.3) is 16.7 Å². The molecular formula is C25H16F4N6O3. The number of fused-ring (bicyclic) bond motifs is 1. The minimum atomic E-state index is -4.59. The van der Waals surface area contributed by atoms with E-state index in [0.717, 1.165) is 35.1 Å². The van der Waals surface area contributed by atoms with Crippen molar-refractivity contribution < 1.29 is 27.1 Å². The van der Waals surface area contributed by atoms with Crippen LogP contribution in [0.15, 0.2) is 78.1 Å². The summed E-state index contributed by atoms with van der Waals surface area (Å²) in [6, 6.07) is 10.5. The van der Waals surface area contributed by atoms with Crippen molar-refractivity contribution in [2.45, 2.75) is 6.18 Å². The third-order valence-electron chi connectivity index (χ3n) is 5.48. The van der Waals surface area contributed by atoms with Gasteiger partial charge in [-0.2, -0.15) is 18.3 Å².